The number of hydrogen-bond acceptors (Lipinski definition) is 5. The topological polar surface area (TPSA) is 73.4 Å². The van der Waals surface area contributed by atoms with E-state index in [1.54, 1.807) is 6.07 Å². The fourth-order valence-electron chi connectivity index (χ4n) is 5.37. The molecule has 2 aromatic rings. The molecule has 3 aliphatic rings. The Kier molecular flexibility index (Phi) is 6.19. The molecule has 0 atom stereocenters. The first-order chi connectivity index (χ1) is 16.0. The monoisotopic (exact) mass is 452 g/mol. The molecule has 0 unspecified atom stereocenters. The van der Waals surface area contributed by atoms with E-state index in [4.69, 9.17) is 9.97 Å². The van der Waals surface area contributed by atoms with E-state index in [9.17, 15) is 9.18 Å². The predicted molar refractivity (Wildman–Crippen MR) is 128 cm³/mol. The van der Waals surface area contributed by atoms with Crippen molar-refractivity contribution in [2.75, 3.05) is 30.4 Å². The summed E-state index contributed by atoms with van der Waals surface area (Å²) in [7, 11) is 2.14. The molecule has 0 radical (unpaired) electrons. The van der Waals surface area contributed by atoms with Gasteiger partial charge in [-0.3, -0.25) is 4.90 Å². The van der Waals surface area contributed by atoms with Crippen molar-refractivity contribution in [1.82, 2.24) is 20.2 Å². The Labute approximate surface area is 194 Å². The van der Waals surface area contributed by atoms with Crippen molar-refractivity contribution in [3.8, 4) is 11.3 Å². The van der Waals surface area contributed by atoms with Gasteiger partial charge in [0, 0.05) is 23.2 Å². The van der Waals surface area contributed by atoms with E-state index in [0.29, 0.717) is 24.4 Å². The first-order valence-corrected chi connectivity index (χ1v) is 12.2. The molecule has 1 saturated heterocycles. The second-order valence-corrected chi connectivity index (χ2v) is 9.70. The molecule has 2 aliphatic heterocycles. The molecule has 176 valence electrons. The van der Waals surface area contributed by atoms with E-state index in [0.717, 1.165) is 74.0 Å². The summed E-state index contributed by atoms with van der Waals surface area (Å²) in [5.41, 5.74) is 3.38. The van der Waals surface area contributed by atoms with Gasteiger partial charge in [-0.25, -0.2) is 14.2 Å². The maximum atomic E-state index is 13.9. The van der Waals surface area contributed by atoms with E-state index in [1.807, 2.05) is 11.8 Å². The van der Waals surface area contributed by atoms with Crippen LogP contribution in [0, 0.1) is 12.7 Å². The fraction of sp³-hybridized carbons (Fsp3) is 0.560. The number of urea groups is 1. The summed E-state index contributed by atoms with van der Waals surface area (Å²) in [4.78, 5) is 27.1. The number of nitrogens with one attached hydrogen (secondary N) is 2. The Hall–Kier alpha value is -2.74. The molecular weight excluding hydrogens is 419 g/mol. The minimum atomic E-state index is -0.263. The van der Waals surface area contributed by atoms with Gasteiger partial charge in [0.2, 0.25) is 5.95 Å². The number of piperidine rings is 1. The molecule has 1 aliphatic carbocycles. The standard InChI is InChI=1S/C25H33FN6O/c1-16-14-17(26)8-9-20(16)22-21-15-27-25(33)32(19-6-4-3-5-7-19)23(21)30-24(29-22)28-18-10-12-31(2)13-11-18/h8-9,14,18-19H,3-7,10-13,15H2,1-2H3,(H,27,33)(H,28,29,30). The quantitative estimate of drug-likeness (QED) is 0.717. The van der Waals surface area contributed by atoms with Crippen LogP contribution in [-0.4, -0.2) is 53.1 Å². The van der Waals surface area contributed by atoms with Crippen LogP contribution in [0.5, 0.6) is 0 Å². The Morgan fingerprint density at radius 3 is 2.58 bits per heavy atom. The zero-order valence-corrected chi connectivity index (χ0v) is 19.5. The highest BCUT2D eigenvalue weighted by molar-refractivity contribution is 5.96. The van der Waals surface area contributed by atoms with Crippen LogP contribution in [0.1, 0.15) is 56.1 Å². The van der Waals surface area contributed by atoms with Crippen LogP contribution < -0.4 is 15.5 Å². The minimum absolute atomic E-state index is 0.0832. The number of halogens is 1. The lowest BCUT2D eigenvalue weighted by atomic mass is 9.93. The van der Waals surface area contributed by atoms with Crippen LogP contribution in [0.4, 0.5) is 21.0 Å². The molecular formula is C25H33FN6O. The van der Waals surface area contributed by atoms with Gasteiger partial charge < -0.3 is 15.5 Å². The lowest BCUT2D eigenvalue weighted by Gasteiger charge is -2.38. The minimum Gasteiger partial charge on any atom is -0.351 e. The first-order valence-electron chi connectivity index (χ1n) is 12.2. The average Bonchev–Trinajstić information content (AvgIpc) is 2.81. The highest BCUT2D eigenvalue weighted by atomic mass is 19.1. The molecule has 0 bridgehead atoms. The summed E-state index contributed by atoms with van der Waals surface area (Å²) >= 11 is 0. The molecule has 1 saturated carbocycles. The first kappa shape index (κ1) is 22.1. The fourth-order valence-corrected chi connectivity index (χ4v) is 5.37. The van der Waals surface area contributed by atoms with Gasteiger partial charge in [0.15, 0.2) is 0 Å². The number of aromatic nitrogens is 2. The second-order valence-electron chi connectivity index (χ2n) is 9.70. The maximum Gasteiger partial charge on any atom is 0.323 e. The van der Waals surface area contributed by atoms with Crippen LogP contribution in [0.3, 0.4) is 0 Å². The molecule has 5 rings (SSSR count). The van der Waals surface area contributed by atoms with Gasteiger partial charge in [0.1, 0.15) is 11.6 Å². The number of benzene rings is 1. The molecule has 1 aromatic carbocycles. The summed E-state index contributed by atoms with van der Waals surface area (Å²) in [6.45, 7) is 4.33. The number of fused-ring (bicyclic) bond motifs is 1. The highest BCUT2D eigenvalue weighted by Crippen LogP contribution is 2.37. The van der Waals surface area contributed by atoms with E-state index in [-0.39, 0.29) is 17.9 Å². The lowest BCUT2D eigenvalue weighted by Crippen LogP contribution is -2.51. The Morgan fingerprint density at radius 1 is 1.09 bits per heavy atom. The van der Waals surface area contributed by atoms with Gasteiger partial charge in [0.05, 0.1) is 12.2 Å². The van der Waals surface area contributed by atoms with Crippen molar-refractivity contribution in [2.45, 2.75) is 70.5 Å². The number of carbonyl (C=O) groups excluding carboxylic acids is 1. The number of likely N-dealkylation sites (tertiary alicyclic amines) is 1. The van der Waals surface area contributed by atoms with E-state index < -0.39 is 0 Å². The summed E-state index contributed by atoms with van der Waals surface area (Å²) in [5.74, 6) is 0.994. The summed E-state index contributed by atoms with van der Waals surface area (Å²) in [6.07, 6.45) is 7.48. The van der Waals surface area contributed by atoms with Crippen molar-refractivity contribution in [3.05, 3.63) is 35.1 Å². The molecule has 8 heteroatoms. The van der Waals surface area contributed by atoms with Gasteiger partial charge >= 0.3 is 6.03 Å². The number of aryl methyl sites for hydroxylation is 1. The summed E-state index contributed by atoms with van der Waals surface area (Å²) in [6, 6.07) is 5.15. The molecule has 1 aromatic heterocycles. The largest absolute Gasteiger partial charge is 0.351 e. The van der Waals surface area contributed by atoms with Crippen LogP contribution in [0.25, 0.3) is 11.3 Å². The van der Waals surface area contributed by atoms with Crippen molar-refractivity contribution in [2.24, 2.45) is 0 Å². The molecule has 0 spiro atoms. The van der Waals surface area contributed by atoms with Gasteiger partial charge in [-0.15, -0.1) is 0 Å². The lowest BCUT2D eigenvalue weighted by molar-refractivity contribution is 0.239. The third-order valence-electron chi connectivity index (χ3n) is 7.28. The predicted octanol–water partition coefficient (Wildman–Crippen LogP) is 4.46. The molecule has 7 nitrogen and oxygen atoms in total. The van der Waals surface area contributed by atoms with E-state index >= 15 is 0 Å². The van der Waals surface area contributed by atoms with Crippen molar-refractivity contribution in [1.29, 1.82) is 0 Å². The van der Waals surface area contributed by atoms with Gasteiger partial charge in [0.25, 0.3) is 0 Å². The van der Waals surface area contributed by atoms with E-state index in [2.05, 4.69) is 22.6 Å². The number of carbonyl (C=O) groups is 1. The van der Waals surface area contributed by atoms with Crippen LogP contribution in [0.15, 0.2) is 18.2 Å². The highest BCUT2D eigenvalue weighted by Gasteiger charge is 2.35. The summed E-state index contributed by atoms with van der Waals surface area (Å²) < 4.78 is 13.9. The Balaban J connectivity index is 1.59. The molecule has 33 heavy (non-hydrogen) atoms. The SMILES string of the molecule is Cc1cc(F)ccc1-c1nc(NC2CCN(C)CC2)nc2c1CNC(=O)N2C1CCCCC1. The van der Waals surface area contributed by atoms with Gasteiger partial charge in [-0.1, -0.05) is 19.3 Å². The second kappa shape index (κ2) is 9.25. The van der Waals surface area contributed by atoms with Crippen LogP contribution >= 0.6 is 0 Å². The number of anilines is 2. The zero-order chi connectivity index (χ0) is 22.9. The third kappa shape index (κ3) is 4.53. The van der Waals surface area contributed by atoms with Crippen LogP contribution in [-0.2, 0) is 6.54 Å². The number of hydrogen-bond donors (Lipinski definition) is 2. The molecule has 3 heterocycles. The maximum absolute atomic E-state index is 13.9. The van der Waals surface area contributed by atoms with Crippen molar-refractivity contribution >= 4 is 17.8 Å². The number of amides is 2. The summed E-state index contributed by atoms with van der Waals surface area (Å²) in [5, 5.41) is 6.59. The number of nitrogens with zero attached hydrogens (tertiary/aromatic N) is 4. The van der Waals surface area contributed by atoms with Gasteiger partial charge in [-0.05, 0) is 76.5 Å². The zero-order valence-electron chi connectivity index (χ0n) is 19.5. The normalized spacial score (nSPS) is 20.5. The number of rotatable bonds is 4. The smallest absolute Gasteiger partial charge is 0.323 e. The molecule has 2 N–H and O–H groups in total. The molecule has 2 fully saturated rings. The van der Waals surface area contributed by atoms with Crippen molar-refractivity contribution < 1.29 is 9.18 Å². The van der Waals surface area contributed by atoms with Crippen LogP contribution in [0.2, 0.25) is 0 Å². The van der Waals surface area contributed by atoms with Crippen molar-refractivity contribution in [3.63, 3.8) is 0 Å². The van der Waals surface area contributed by atoms with Gasteiger partial charge in [-0.2, -0.15) is 4.98 Å². The average molecular weight is 453 g/mol. The Morgan fingerprint density at radius 2 is 1.85 bits per heavy atom. The third-order valence-corrected chi connectivity index (χ3v) is 7.28. The Bertz CT molecular complexity index is 1030. The molecule has 2 amide bonds. The van der Waals surface area contributed by atoms with E-state index in [1.165, 1.54) is 18.6 Å².